The van der Waals surface area contributed by atoms with Gasteiger partial charge in [-0.3, -0.25) is 4.72 Å². The summed E-state index contributed by atoms with van der Waals surface area (Å²) in [6.45, 7) is 2.89. The second kappa shape index (κ2) is 7.59. The summed E-state index contributed by atoms with van der Waals surface area (Å²) in [5.74, 6) is 1.58. The highest BCUT2D eigenvalue weighted by molar-refractivity contribution is 7.99. The van der Waals surface area contributed by atoms with E-state index in [1.807, 2.05) is 11.8 Å². The van der Waals surface area contributed by atoms with E-state index in [1.54, 1.807) is 6.07 Å². The summed E-state index contributed by atoms with van der Waals surface area (Å²) < 4.78 is 37.8. The Morgan fingerprint density at radius 1 is 1.37 bits per heavy atom. The number of hydrogen-bond donors (Lipinski definition) is 2. The Labute approximate surface area is 118 Å². The molecule has 0 atom stereocenters. The van der Waals surface area contributed by atoms with Gasteiger partial charge >= 0.3 is 0 Å². The fourth-order valence-corrected chi connectivity index (χ4v) is 2.66. The molecule has 0 fully saturated rings. The van der Waals surface area contributed by atoms with E-state index in [1.165, 1.54) is 12.1 Å². The van der Waals surface area contributed by atoms with Gasteiger partial charge in [-0.1, -0.05) is 6.92 Å². The van der Waals surface area contributed by atoms with Crippen molar-refractivity contribution in [2.45, 2.75) is 13.3 Å². The van der Waals surface area contributed by atoms with Crippen LogP contribution in [-0.2, 0) is 10.0 Å². The topological polar surface area (TPSA) is 58.2 Å². The number of rotatable bonds is 8. The molecule has 0 saturated heterocycles. The third-order valence-electron chi connectivity index (χ3n) is 2.26. The van der Waals surface area contributed by atoms with Gasteiger partial charge in [-0.2, -0.15) is 11.8 Å². The lowest BCUT2D eigenvalue weighted by Crippen LogP contribution is -2.11. The van der Waals surface area contributed by atoms with Crippen LogP contribution in [0.1, 0.15) is 13.3 Å². The van der Waals surface area contributed by atoms with Crippen LogP contribution in [0.2, 0.25) is 0 Å². The van der Waals surface area contributed by atoms with Crippen LogP contribution in [0.3, 0.4) is 0 Å². The molecule has 1 aromatic rings. The first kappa shape index (κ1) is 16.1. The van der Waals surface area contributed by atoms with E-state index >= 15 is 0 Å². The minimum Gasteiger partial charge on any atom is -0.385 e. The molecule has 0 aliphatic rings. The van der Waals surface area contributed by atoms with Crippen molar-refractivity contribution in [1.82, 2.24) is 0 Å². The lowest BCUT2D eigenvalue weighted by Gasteiger charge is -2.10. The van der Waals surface area contributed by atoms with Gasteiger partial charge in [-0.25, -0.2) is 12.8 Å². The van der Waals surface area contributed by atoms with Gasteiger partial charge in [0.1, 0.15) is 5.82 Å². The van der Waals surface area contributed by atoms with Crippen molar-refractivity contribution < 1.29 is 12.8 Å². The van der Waals surface area contributed by atoms with Crippen molar-refractivity contribution >= 4 is 33.2 Å². The molecule has 0 radical (unpaired) electrons. The maximum atomic E-state index is 13.4. The molecular formula is C12H19FN2O2S2. The zero-order valence-corrected chi connectivity index (χ0v) is 12.7. The van der Waals surface area contributed by atoms with Crippen LogP contribution in [0.25, 0.3) is 0 Å². The fourth-order valence-electron chi connectivity index (χ4n) is 1.46. The fraction of sp³-hybridized carbons (Fsp3) is 0.500. The summed E-state index contributed by atoms with van der Waals surface area (Å²) in [7, 11) is -3.47. The molecule has 2 N–H and O–H groups in total. The Morgan fingerprint density at radius 2 is 2.11 bits per heavy atom. The lowest BCUT2D eigenvalue weighted by molar-refractivity contribution is 0.604. The Morgan fingerprint density at radius 3 is 2.74 bits per heavy atom. The maximum Gasteiger partial charge on any atom is 0.229 e. The minimum atomic E-state index is -3.47. The van der Waals surface area contributed by atoms with Crippen molar-refractivity contribution in [2.75, 3.05) is 34.3 Å². The molecule has 7 heteroatoms. The molecule has 4 nitrogen and oxygen atoms in total. The highest BCUT2D eigenvalue weighted by atomic mass is 32.2. The van der Waals surface area contributed by atoms with Crippen LogP contribution >= 0.6 is 11.8 Å². The first-order chi connectivity index (χ1) is 8.92. The number of halogens is 1. The van der Waals surface area contributed by atoms with Crippen molar-refractivity contribution in [3.05, 3.63) is 24.0 Å². The van der Waals surface area contributed by atoms with Gasteiger partial charge in [-0.05, 0) is 36.1 Å². The number of nitrogens with one attached hydrogen (secondary N) is 2. The van der Waals surface area contributed by atoms with E-state index in [2.05, 4.69) is 17.0 Å². The van der Waals surface area contributed by atoms with Crippen molar-refractivity contribution in [3.8, 4) is 0 Å². The highest BCUT2D eigenvalue weighted by Crippen LogP contribution is 2.20. The Kier molecular flexibility index (Phi) is 6.44. The molecule has 0 amide bonds. The van der Waals surface area contributed by atoms with Crippen LogP contribution in [0.4, 0.5) is 15.8 Å². The molecule has 108 valence electrons. The molecule has 0 heterocycles. The van der Waals surface area contributed by atoms with Gasteiger partial charge in [0.05, 0.1) is 11.9 Å². The van der Waals surface area contributed by atoms with Crippen LogP contribution in [0, 0.1) is 5.82 Å². The summed E-state index contributed by atoms with van der Waals surface area (Å²) in [6, 6.07) is 4.30. The Bertz CT molecular complexity index is 506. The number of sulfonamides is 1. The number of hydrogen-bond acceptors (Lipinski definition) is 4. The van der Waals surface area contributed by atoms with E-state index in [0.717, 1.165) is 30.7 Å². The largest absolute Gasteiger partial charge is 0.385 e. The number of benzene rings is 1. The predicted octanol–water partition coefficient (Wildman–Crippen LogP) is 2.75. The van der Waals surface area contributed by atoms with E-state index in [0.29, 0.717) is 5.69 Å². The summed E-state index contributed by atoms with van der Waals surface area (Å²) in [5.41, 5.74) is 0.671. The molecule has 1 rings (SSSR count). The molecule has 0 unspecified atom stereocenters. The maximum absolute atomic E-state index is 13.4. The highest BCUT2D eigenvalue weighted by Gasteiger charge is 2.08. The van der Waals surface area contributed by atoms with E-state index < -0.39 is 15.8 Å². The van der Waals surface area contributed by atoms with Gasteiger partial charge in [0.2, 0.25) is 10.0 Å². The first-order valence-electron chi connectivity index (χ1n) is 6.01. The van der Waals surface area contributed by atoms with E-state index in [9.17, 15) is 12.8 Å². The Balaban J connectivity index is 2.58. The third kappa shape index (κ3) is 6.68. The van der Waals surface area contributed by atoms with E-state index in [-0.39, 0.29) is 5.69 Å². The quantitative estimate of drug-likeness (QED) is 0.725. The molecule has 0 bridgehead atoms. The van der Waals surface area contributed by atoms with Gasteiger partial charge in [0.25, 0.3) is 0 Å². The summed E-state index contributed by atoms with van der Waals surface area (Å²) in [5, 5.41) is 3.14. The molecule has 19 heavy (non-hydrogen) atoms. The van der Waals surface area contributed by atoms with Gasteiger partial charge in [0, 0.05) is 12.2 Å². The average molecular weight is 306 g/mol. The second-order valence-electron chi connectivity index (χ2n) is 4.05. The lowest BCUT2D eigenvalue weighted by atomic mass is 10.2. The zero-order valence-electron chi connectivity index (χ0n) is 11.1. The average Bonchev–Trinajstić information content (AvgIpc) is 2.31. The molecule has 0 saturated carbocycles. The van der Waals surface area contributed by atoms with Crippen LogP contribution in [0.5, 0.6) is 0 Å². The third-order valence-corrected chi connectivity index (χ3v) is 3.84. The van der Waals surface area contributed by atoms with Crippen molar-refractivity contribution in [2.24, 2.45) is 0 Å². The summed E-state index contributed by atoms with van der Waals surface area (Å²) in [4.78, 5) is 0. The van der Waals surface area contributed by atoms with Crippen LogP contribution in [0.15, 0.2) is 18.2 Å². The molecule has 0 aliphatic heterocycles. The Hall–Kier alpha value is -0.950. The monoisotopic (exact) mass is 306 g/mol. The molecule has 0 aliphatic carbocycles. The summed E-state index contributed by atoms with van der Waals surface area (Å²) in [6.07, 6.45) is 2.00. The number of anilines is 2. The van der Waals surface area contributed by atoms with Crippen molar-refractivity contribution in [3.63, 3.8) is 0 Å². The van der Waals surface area contributed by atoms with Gasteiger partial charge < -0.3 is 5.32 Å². The molecule has 0 aromatic heterocycles. The molecular weight excluding hydrogens is 287 g/mol. The predicted molar refractivity (Wildman–Crippen MR) is 81.0 cm³/mol. The summed E-state index contributed by atoms with van der Waals surface area (Å²) >= 11 is 1.87. The van der Waals surface area contributed by atoms with Gasteiger partial charge in [0.15, 0.2) is 0 Å². The number of thioether (sulfide) groups is 1. The minimum absolute atomic E-state index is 0.0320. The second-order valence-corrected chi connectivity index (χ2v) is 7.19. The van der Waals surface area contributed by atoms with E-state index in [4.69, 9.17) is 0 Å². The zero-order chi connectivity index (χ0) is 14.3. The smallest absolute Gasteiger partial charge is 0.229 e. The molecule has 0 spiro atoms. The van der Waals surface area contributed by atoms with Crippen LogP contribution < -0.4 is 10.0 Å². The van der Waals surface area contributed by atoms with Crippen LogP contribution in [-0.4, -0.2) is 32.7 Å². The SMILES string of the molecule is CCSCCCNc1ccc(F)c(NS(C)(=O)=O)c1. The van der Waals surface area contributed by atoms with Crippen molar-refractivity contribution in [1.29, 1.82) is 0 Å². The standard InChI is InChI=1S/C12H19FN2O2S2/c1-3-18-8-4-7-14-10-5-6-11(13)12(9-10)15-19(2,16)17/h5-6,9,14-15H,3-4,7-8H2,1-2H3. The van der Waals surface area contributed by atoms with Gasteiger partial charge in [-0.15, -0.1) is 0 Å². The molecule has 1 aromatic carbocycles. The normalized spacial score (nSPS) is 11.3. The first-order valence-corrected chi connectivity index (χ1v) is 9.06.